The number of hydrogen-bond donors (Lipinski definition) is 1. The highest BCUT2D eigenvalue weighted by atomic mass is 32.2. The van der Waals surface area contributed by atoms with Gasteiger partial charge in [0.15, 0.2) is 0 Å². The van der Waals surface area contributed by atoms with Crippen molar-refractivity contribution < 1.29 is 4.79 Å². The van der Waals surface area contributed by atoms with Crippen LogP contribution in [0.3, 0.4) is 0 Å². The van der Waals surface area contributed by atoms with E-state index in [1.54, 1.807) is 11.7 Å². The Hall–Kier alpha value is -1.17. The quantitative estimate of drug-likeness (QED) is 0.905. The molecule has 0 aromatic carbocycles. The number of aryl methyl sites for hydroxylation is 2. The van der Waals surface area contributed by atoms with Gasteiger partial charge >= 0.3 is 0 Å². The fourth-order valence-electron chi connectivity index (χ4n) is 2.48. The van der Waals surface area contributed by atoms with Gasteiger partial charge in [0.1, 0.15) is 5.69 Å². The van der Waals surface area contributed by atoms with Crippen molar-refractivity contribution >= 4 is 23.4 Å². The smallest absolute Gasteiger partial charge is 0.274 e. The van der Waals surface area contributed by atoms with Gasteiger partial charge in [-0.25, -0.2) is 0 Å². The first-order valence-electron chi connectivity index (χ1n) is 7.10. The second-order valence-electron chi connectivity index (χ2n) is 5.84. The molecular formula is C14H24N4OS. The van der Waals surface area contributed by atoms with E-state index in [0.717, 1.165) is 37.4 Å². The van der Waals surface area contributed by atoms with Crippen molar-refractivity contribution in [1.29, 1.82) is 0 Å². The molecule has 1 amide bonds. The molecule has 112 valence electrons. The summed E-state index contributed by atoms with van der Waals surface area (Å²) in [4.78, 5) is 14.6. The van der Waals surface area contributed by atoms with Gasteiger partial charge in [-0.1, -0.05) is 20.8 Å². The van der Waals surface area contributed by atoms with E-state index in [0.29, 0.717) is 11.4 Å². The number of hydrogen-bond acceptors (Lipinski definition) is 4. The number of rotatable bonds is 2. The Morgan fingerprint density at radius 1 is 1.45 bits per heavy atom. The zero-order chi connectivity index (χ0) is 14.9. The molecule has 5 nitrogen and oxygen atoms in total. The number of nitrogens with two attached hydrogens (primary N) is 1. The van der Waals surface area contributed by atoms with E-state index in [-0.39, 0.29) is 10.7 Å². The van der Waals surface area contributed by atoms with Gasteiger partial charge in [0.2, 0.25) is 0 Å². The molecule has 2 heterocycles. The predicted molar refractivity (Wildman–Crippen MR) is 84.1 cm³/mol. The molecule has 2 N–H and O–H groups in total. The lowest BCUT2D eigenvalue weighted by Crippen LogP contribution is -2.35. The maximum Gasteiger partial charge on any atom is 0.274 e. The van der Waals surface area contributed by atoms with Crippen LogP contribution in [-0.2, 0) is 13.5 Å². The monoisotopic (exact) mass is 296 g/mol. The second kappa shape index (κ2) is 5.68. The lowest BCUT2D eigenvalue weighted by atomic mass is 10.1. The van der Waals surface area contributed by atoms with Crippen LogP contribution >= 0.6 is 11.8 Å². The van der Waals surface area contributed by atoms with E-state index in [1.807, 2.05) is 23.6 Å². The summed E-state index contributed by atoms with van der Waals surface area (Å²) < 4.78 is 1.86. The van der Waals surface area contributed by atoms with Gasteiger partial charge in [0.05, 0.1) is 11.4 Å². The Balaban J connectivity index is 2.21. The Morgan fingerprint density at radius 2 is 2.15 bits per heavy atom. The molecule has 2 rings (SSSR count). The van der Waals surface area contributed by atoms with Crippen molar-refractivity contribution in [2.75, 3.05) is 24.6 Å². The predicted octanol–water partition coefficient (Wildman–Crippen LogP) is 1.92. The van der Waals surface area contributed by atoms with Gasteiger partial charge in [0.25, 0.3) is 5.91 Å². The second-order valence-corrected chi connectivity index (χ2v) is 7.64. The third kappa shape index (κ3) is 2.95. The Bertz CT molecular complexity index is 510. The van der Waals surface area contributed by atoms with E-state index < -0.39 is 0 Å². The summed E-state index contributed by atoms with van der Waals surface area (Å²) in [7, 11) is 1.79. The zero-order valence-electron chi connectivity index (χ0n) is 12.8. The average Bonchev–Trinajstić information content (AvgIpc) is 2.55. The maximum absolute atomic E-state index is 12.7. The van der Waals surface area contributed by atoms with Crippen LogP contribution in [0.15, 0.2) is 0 Å². The number of amides is 1. The van der Waals surface area contributed by atoms with Crippen molar-refractivity contribution in [2.24, 2.45) is 7.05 Å². The minimum Gasteiger partial charge on any atom is -0.395 e. The molecule has 1 aromatic rings. The minimum absolute atomic E-state index is 0.00972. The van der Waals surface area contributed by atoms with Gasteiger partial charge in [0, 0.05) is 30.6 Å². The Kier molecular flexibility index (Phi) is 4.32. The Morgan fingerprint density at radius 3 is 2.75 bits per heavy atom. The summed E-state index contributed by atoms with van der Waals surface area (Å²) in [5.74, 6) is 0.979. The highest BCUT2D eigenvalue weighted by molar-refractivity contribution is 8.00. The fourth-order valence-corrected chi connectivity index (χ4v) is 3.58. The first-order chi connectivity index (χ1) is 9.35. The van der Waals surface area contributed by atoms with E-state index in [1.165, 1.54) is 0 Å². The number of aromatic nitrogens is 2. The van der Waals surface area contributed by atoms with Gasteiger partial charge in [-0.05, 0) is 12.8 Å². The SMILES string of the molecule is CCc1nn(C)c(C(=O)N2CCSC(C)(C)CC2)c1N. The number of nitrogen functional groups attached to an aromatic ring is 1. The van der Waals surface area contributed by atoms with Crippen LogP contribution in [0.2, 0.25) is 0 Å². The van der Waals surface area contributed by atoms with E-state index >= 15 is 0 Å². The van der Waals surface area contributed by atoms with Crippen molar-refractivity contribution in [1.82, 2.24) is 14.7 Å². The number of nitrogens with zero attached hydrogens (tertiary/aromatic N) is 3. The molecule has 0 aliphatic carbocycles. The fraction of sp³-hybridized carbons (Fsp3) is 0.714. The van der Waals surface area contributed by atoms with Crippen LogP contribution in [0.5, 0.6) is 0 Å². The third-order valence-corrected chi connectivity index (χ3v) is 5.20. The van der Waals surface area contributed by atoms with Crippen LogP contribution in [0.25, 0.3) is 0 Å². The molecular weight excluding hydrogens is 272 g/mol. The summed E-state index contributed by atoms with van der Waals surface area (Å²) >= 11 is 1.93. The molecule has 0 saturated carbocycles. The summed E-state index contributed by atoms with van der Waals surface area (Å²) in [5.41, 5.74) is 7.96. The topological polar surface area (TPSA) is 64.2 Å². The van der Waals surface area contributed by atoms with Crippen LogP contribution < -0.4 is 5.73 Å². The van der Waals surface area contributed by atoms with Crippen LogP contribution in [0.4, 0.5) is 5.69 Å². The van der Waals surface area contributed by atoms with Crippen molar-refractivity contribution in [3.8, 4) is 0 Å². The number of thioether (sulfide) groups is 1. The highest BCUT2D eigenvalue weighted by Crippen LogP contribution is 2.31. The van der Waals surface area contributed by atoms with Crippen molar-refractivity contribution in [3.63, 3.8) is 0 Å². The molecule has 0 spiro atoms. The molecule has 0 atom stereocenters. The van der Waals surface area contributed by atoms with E-state index in [4.69, 9.17) is 5.73 Å². The lowest BCUT2D eigenvalue weighted by Gasteiger charge is -2.22. The molecule has 1 aliphatic heterocycles. The van der Waals surface area contributed by atoms with E-state index in [9.17, 15) is 4.79 Å². The molecule has 1 aromatic heterocycles. The zero-order valence-corrected chi connectivity index (χ0v) is 13.6. The molecule has 1 aliphatic rings. The third-order valence-electron chi connectivity index (χ3n) is 3.82. The van der Waals surface area contributed by atoms with Gasteiger partial charge in [-0.3, -0.25) is 9.48 Å². The van der Waals surface area contributed by atoms with E-state index in [2.05, 4.69) is 18.9 Å². The molecule has 0 unspecified atom stereocenters. The molecule has 1 saturated heterocycles. The molecule has 1 fully saturated rings. The van der Waals surface area contributed by atoms with Gasteiger partial charge in [-0.15, -0.1) is 0 Å². The van der Waals surface area contributed by atoms with Crippen LogP contribution in [0.1, 0.15) is 43.4 Å². The number of carbonyl (C=O) groups excluding carboxylic acids is 1. The Labute approximate surface area is 124 Å². The standard InChI is InChI=1S/C14H24N4OS/c1-5-10-11(15)12(17(4)16-10)13(19)18-7-6-14(2,3)20-9-8-18/h5-9,15H2,1-4H3. The van der Waals surface area contributed by atoms with Gasteiger partial charge < -0.3 is 10.6 Å². The normalized spacial score (nSPS) is 18.9. The summed E-state index contributed by atoms with van der Waals surface area (Å²) in [5, 5.41) is 4.34. The lowest BCUT2D eigenvalue weighted by molar-refractivity contribution is 0.0754. The molecule has 20 heavy (non-hydrogen) atoms. The first kappa shape index (κ1) is 15.2. The minimum atomic E-state index is 0.00972. The largest absolute Gasteiger partial charge is 0.395 e. The first-order valence-corrected chi connectivity index (χ1v) is 8.09. The maximum atomic E-state index is 12.7. The van der Waals surface area contributed by atoms with Crippen molar-refractivity contribution in [3.05, 3.63) is 11.4 Å². The average molecular weight is 296 g/mol. The molecule has 6 heteroatoms. The van der Waals surface area contributed by atoms with Crippen LogP contribution in [-0.4, -0.2) is 44.2 Å². The number of carbonyl (C=O) groups is 1. The van der Waals surface area contributed by atoms with Gasteiger partial charge in [-0.2, -0.15) is 16.9 Å². The number of anilines is 1. The summed E-state index contributed by atoms with van der Waals surface area (Å²) in [6.07, 6.45) is 1.75. The van der Waals surface area contributed by atoms with Crippen LogP contribution in [0, 0.1) is 0 Å². The molecule has 0 bridgehead atoms. The van der Waals surface area contributed by atoms with Crippen molar-refractivity contribution in [2.45, 2.75) is 38.4 Å². The molecule has 0 radical (unpaired) electrons. The summed E-state index contributed by atoms with van der Waals surface area (Å²) in [6.45, 7) is 8.03. The highest BCUT2D eigenvalue weighted by Gasteiger charge is 2.29. The summed E-state index contributed by atoms with van der Waals surface area (Å²) in [6, 6.07) is 0.